The Bertz CT molecular complexity index is 1540. The number of halogens is 4. The van der Waals surface area contributed by atoms with Crippen LogP contribution >= 0.6 is 0 Å². The van der Waals surface area contributed by atoms with E-state index in [-0.39, 0.29) is 33.2 Å². The predicted molar refractivity (Wildman–Crippen MR) is 133 cm³/mol. The van der Waals surface area contributed by atoms with Crippen molar-refractivity contribution in [3.05, 3.63) is 114 Å². The van der Waals surface area contributed by atoms with E-state index >= 15 is 0 Å². The molecule has 4 rings (SSSR count). The Morgan fingerprint density at radius 3 is 2.16 bits per heavy atom. The van der Waals surface area contributed by atoms with Crippen LogP contribution in [0.15, 0.2) is 102 Å². The van der Waals surface area contributed by atoms with Gasteiger partial charge in [0.05, 0.1) is 21.9 Å². The zero-order valence-corrected chi connectivity index (χ0v) is 19.9. The Morgan fingerprint density at radius 1 is 0.757 bits per heavy atom. The molecule has 4 aromatic carbocycles. The summed E-state index contributed by atoms with van der Waals surface area (Å²) < 4.78 is 79.8. The zero-order valence-electron chi connectivity index (χ0n) is 19.1. The van der Waals surface area contributed by atoms with Gasteiger partial charge in [-0.15, -0.1) is 0 Å². The summed E-state index contributed by atoms with van der Waals surface area (Å²) in [7, 11) is -3.85. The number of carbonyl (C=O) groups is 1. The molecule has 0 aliphatic heterocycles. The molecule has 0 bridgehead atoms. The van der Waals surface area contributed by atoms with Crippen LogP contribution in [0.1, 0.15) is 11.1 Å². The van der Waals surface area contributed by atoms with Crippen molar-refractivity contribution in [2.24, 2.45) is 0 Å². The zero-order chi connectivity index (χ0) is 26.6. The number of rotatable bonds is 6. The maximum Gasteiger partial charge on any atom is 0.416 e. The third-order valence-corrected chi connectivity index (χ3v) is 7.10. The van der Waals surface area contributed by atoms with Crippen molar-refractivity contribution >= 4 is 27.2 Å². The number of hydrogen-bond acceptors (Lipinski definition) is 3. The molecule has 0 saturated carbocycles. The molecule has 0 spiro atoms. The lowest BCUT2D eigenvalue weighted by molar-refractivity contribution is -0.137. The number of alkyl halides is 3. The van der Waals surface area contributed by atoms with E-state index in [0.29, 0.717) is 5.56 Å². The molecule has 0 radical (unpaired) electrons. The third kappa shape index (κ3) is 6.34. The fourth-order valence-corrected chi connectivity index (χ4v) is 5.04. The first-order valence-corrected chi connectivity index (χ1v) is 12.6. The summed E-state index contributed by atoms with van der Waals surface area (Å²) in [6, 6.07) is 21.2. The summed E-state index contributed by atoms with van der Waals surface area (Å²) in [6.07, 6.45) is -4.60. The summed E-state index contributed by atoms with van der Waals surface area (Å²) in [5.41, 5.74) is -0.278. The van der Waals surface area contributed by atoms with Crippen molar-refractivity contribution in [3.63, 3.8) is 0 Å². The van der Waals surface area contributed by atoms with Gasteiger partial charge in [0, 0.05) is 16.8 Å². The van der Waals surface area contributed by atoms with Crippen LogP contribution in [-0.2, 0) is 21.8 Å². The minimum Gasteiger partial charge on any atom is -0.308 e. The average Bonchev–Trinajstić information content (AvgIpc) is 2.84. The summed E-state index contributed by atoms with van der Waals surface area (Å²) in [4.78, 5) is 12.6. The van der Waals surface area contributed by atoms with Crippen LogP contribution in [-0.4, -0.2) is 14.4 Å². The van der Waals surface area contributed by atoms with Crippen molar-refractivity contribution in [2.75, 3.05) is 10.6 Å². The van der Waals surface area contributed by atoms with Crippen LogP contribution < -0.4 is 10.6 Å². The Morgan fingerprint density at radius 2 is 1.46 bits per heavy atom. The molecule has 0 aliphatic rings. The van der Waals surface area contributed by atoms with Gasteiger partial charge in [-0.05, 0) is 42.0 Å². The number of sulfone groups is 1. The molecule has 190 valence electrons. The molecule has 0 heterocycles. The first kappa shape index (κ1) is 25.9. The molecular formula is C27H20F4N2O3S. The lowest BCUT2D eigenvalue weighted by Crippen LogP contribution is -2.20. The van der Waals surface area contributed by atoms with Crippen LogP contribution in [0, 0.1) is 5.82 Å². The molecule has 0 unspecified atom stereocenters. The van der Waals surface area contributed by atoms with Gasteiger partial charge in [0.2, 0.25) is 0 Å². The number of anilines is 2. The Kier molecular flexibility index (Phi) is 7.30. The molecule has 2 N–H and O–H groups in total. The largest absolute Gasteiger partial charge is 0.416 e. The molecule has 0 atom stereocenters. The standard InChI is InChI=1S/C27H20F4N2O3S/c28-24-12-5-4-11-22(24)23-14-13-21(37(35,36)17-18-7-2-1-3-8-18)16-25(23)33-26(34)32-20-10-6-9-19(15-20)27(29,30)31/h1-16H,17H2,(H2,32,33,34). The lowest BCUT2D eigenvalue weighted by Gasteiger charge is -2.15. The van der Waals surface area contributed by atoms with Crippen molar-refractivity contribution in [1.82, 2.24) is 0 Å². The monoisotopic (exact) mass is 528 g/mol. The van der Waals surface area contributed by atoms with Crippen LogP contribution in [0.2, 0.25) is 0 Å². The SMILES string of the molecule is O=C(Nc1cccc(C(F)(F)F)c1)Nc1cc(S(=O)(=O)Cc2ccccc2)ccc1-c1ccccc1F. The molecular weight excluding hydrogens is 508 g/mol. The van der Waals surface area contributed by atoms with E-state index < -0.39 is 33.4 Å². The molecule has 5 nitrogen and oxygen atoms in total. The van der Waals surface area contributed by atoms with E-state index in [0.717, 1.165) is 18.2 Å². The van der Waals surface area contributed by atoms with E-state index in [4.69, 9.17) is 0 Å². The molecule has 10 heteroatoms. The maximum atomic E-state index is 14.6. The second kappa shape index (κ2) is 10.4. The molecule has 0 aromatic heterocycles. The minimum atomic E-state index is -4.60. The van der Waals surface area contributed by atoms with Crippen LogP contribution in [0.5, 0.6) is 0 Å². The van der Waals surface area contributed by atoms with E-state index in [2.05, 4.69) is 10.6 Å². The van der Waals surface area contributed by atoms with E-state index in [1.165, 1.54) is 42.5 Å². The topological polar surface area (TPSA) is 75.3 Å². The van der Waals surface area contributed by atoms with Crippen molar-refractivity contribution in [1.29, 1.82) is 0 Å². The van der Waals surface area contributed by atoms with E-state index in [1.807, 2.05) is 0 Å². The highest BCUT2D eigenvalue weighted by molar-refractivity contribution is 7.90. The Hall–Kier alpha value is -4.18. The molecule has 0 fully saturated rings. The van der Waals surface area contributed by atoms with Crippen LogP contribution in [0.3, 0.4) is 0 Å². The molecule has 0 aliphatic carbocycles. The number of benzene rings is 4. The van der Waals surface area contributed by atoms with Gasteiger partial charge in [0.25, 0.3) is 0 Å². The smallest absolute Gasteiger partial charge is 0.308 e. The highest BCUT2D eigenvalue weighted by atomic mass is 32.2. The predicted octanol–water partition coefficient (Wildman–Crippen LogP) is 7.13. The molecule has 4 aromatic rings. The summed E-state index contributed by atoms with van der Waals surface area (Å²) in [5.74, 6) is -0.910. The van der Waals surface area contributed by atoms with Gasteiger partial charge in [0.15, 0.2) is 9.84 Å². The van der Waals surface area contributed by atoms with E-state index in [9.17, 15) is 30.8 Å². The second-order valence-corrected chi connectivity index (χ2v) is 10.1. The van der Waals surface area contributed by atoms with Gasteiger partial charge in [0.1, 0.15) is 5.82 Å². The Balaban J connectivity index is 1.68. The summed E-state index contributed by atoms with van der Waals surface area (Å²) in [6.45, 7) is 0. The lowest BCUT2D eigenvalue weighted by atomic mass is 10.0. The third-order valence-electron chi connectivity index (χ3n) is 5.41. The highest BCUT2D eigenvalue weighted by Crippen LogP contribution is 2.34. The first-order chi connectivity index (χ1) is 17.5. The van der Waals surface area contributed by atoms with Gasteiger partial charge in [-0.25, -0.2) is 17.6 Å². The number of amides is 2. The van der Waals surface area contributed by atoms with E-state index in [1.54, 1.807) is 36.4 Å². The van der Waals surface area contributed by atoms with Crippen LogP contribution in [0.25, 0.3) is 11.1 Å². The van der Waals surface area contributed by atoms with Crippen molar-refractivity contribution in [2.45, 2.75) is 16.8 Å². The van der Waals surface area contributed by atoms with Crippen molar-refractivity contribution < 1.29 is 30.8 Å². The number of carbonyl (C=O) groups excluding carboxylic acids is 1. The quantitative estimate of drug-likeness (QED) is 0.262. The minimum absolute atomic E-state index is 0.0382. The maximum absolute atomic E-state index is 14.6. The van der Waals surface area contributed by atoms with Gasteiger partial charge in [-0.2, -0.15) is 13.2 Å². The number of urea groups is 1. The summed E-state index contributed by atoms with van der Waals surface area (Å²) >= 11 is 0. The molecule has 2 amide bonds. The summed E-state index contributed by atoms with van der Waals surface area (Å²) in [5, 5.41) is 4.76. The fraction of sp³-hybridized carbons (Fsp3) is 0.0741. The van der Waals surface area contributed by atoms with Gasteiger partial charge in [-0.1, -0.05) is 60.7 Å². The van der Waals surface area contributed by atoms with Gasteiger partial charge in [-0.3, -0.25) is 0 Å². The number of hydrogen-bond donors (Lipinski definition) is 2. The van der Waals surface area contributed by atoms with Crippen LogP contribution in [0.4, 0.5) is 33.7 Å². The first-order valence-electron chi connectivity index (χ1n) is 10.9. The second-order valence-electron chi connectivity index (χ2n) is 8.09. The van der Waals surface area contributed by atoms with Crippen molar-refractivity contribution in [3.8, 4) is 11.1 Å². The molecule has 0 saturated heterocycles. The van der Waals surface area contributed by atoms with Gasteiger partial charge >= 0.3 is 12.2 Å². The molecule has 37 heavy (non-hydrogen) atoms. The Labute approximate surface area is 210 Å². The normalized spacial score (nSPS) is 11.7. The fourth-order valence-electron chi connectivity index (χ4n) is 3.67. The number of nitrogens with one attached hydrogen (secondary N) is 2. The van der Waals surface area contributed by atoms with Gasteiger partial charge < -0.3 is 10.6 Å². The highest BCUT2D eigenvalue weighted by Gasteiger charge is 2.30. The average molecular weight is 529 g/mol.